The van der Waals surface area contributed by atoms with Gasteiger partial charge in [-0.3, -0.25) is 4.90 Å². The zero-order chi connectivity index (χ0) is 11.4. The van der Waals surface area contributed by atoms with Crippen LogP contribution in [0, 0.1) is 0 Å². The smallest absolute Gasteiger partial charge is 0.0693 e. The lowest BCUT2D eigenvalue weighted by Gasteiger charge is -2.31. The first-order valence-electron chi connectivity index (χ1n) is 6.50. The summed E-state index contributed by atoms with van der Waals surface area (Å²) in [5, 5.41) is 13.3. The second kappa shape index (κ2) is 5.96. The number of rotatable bonds is 4. The number of hydrogen-bond acceptors (Lipinski definition) is 4. The van der Waals surface area contributed by atoms with Gasteiger partial charge in [0.05, 0.1) is 19.3 Å². The summed E-state index contributed by atoms with van der Waals surface area (Å²) >= 11 is 0. The van der Waals surface area contributed by atoms with E-state index in [4.69, 9.17) is 4.74 Å². The highest BCUT2D eigenvalue weighted by Gasteiger charge is 2.26. The van der Waals surface area contributed by atoms with Gasteiger partial charge in [-0.1, -0.05) is 0 Å². The highest BCUT2D eigenvalue weighted by molar-refractivity contribution is 4.85. The van der Waals surface area contributed by atoms with Crippen molar-refractivity contribution in [1.82, 2.24) is 10.2 Å². The van der Waals surface area contributed by atoms with Crippen molar-refractivity contribution in [3.63, 3.8) is 0 Å². The van der Waals surface area contributed by atoms with Crippen LogP contribution in [0.25, 0.3) is 0 Å². The normalized spacial score (nSPS) is 34.1. The molecule has 0 bridgehead atoms. The molecule has 0 aromatic carbocycles. The molecule has 0 spiro atoms. The van der Waals surface area contributed by atoms with Gasteiger partial charge in [0.1, 0.15) is 0 Å². The summed E-state index contributed by atoms with van der Waals surface area (Å²) in [4.78, 5) is 2.43. The van der Waals surface area contributed by atoms with Gasteiger partial charge in [-0.25, -0.2) is 0 Å². The molecule has 0 aromatic heterocycles. The van der Waals surface area contributed by atoms with Crippen LogP contribution in [-0.4, -0.2) is 61.0 Å². The monoisotopic (exact) mass is 228 g/mol. The van der Waals surface area contributed by atoms with Gasteiger partial charge in [-0.15, -0.1) is 0 Å². The third-order valence-corrected chi connectivity index (χ3v) is 3.61. The molecule has 1 aliphatic carbocycles. The highest BCUT2D eigenvalue weighted by Crippen LogP contribution is 2.19. The van der Waals surface area contributed by atoms with Gasteiger partial charge in [0, 0.05) is 31.7 Å². The Labute approximate surface area is 98.0 Å². The van der Waals surface area contributed by atoms with Crippen LogP contribution in [0.1, 0.15) is 26.2 Å². The lowest BCUT2D eigenvalue weighted by molar-refractivity contribution is 0.0326. The Morgan fingerprint density at radius 3 is 2.75 bits per heavy atom. The average Bonchev–Trinajstić information content (AvgIpc) is 2.66. The minimum Gasteiger partial charge on any atom is -0.392 e. The topological polar surface area (TPSA) is 44.7 Å². The fourth-order valence-corrected chi connectivity index (χ4v) is 2.72. The van der Waals surface area contributed by atoms with Crippen LogP contribution in [-0.2, 0) is 4.74 Å². The maximum atomic E-state index is 9.75. The number of hydrogen-bond donors (Lipinski definition) is 2. The van der Waals surface area contributed by atoms with Crippen LogP contribution in [0.5, 0.6) is 0 Å². The van der Waals surface area contributed by atoms with Gasteiger partial charge < -0.3 is 15.2 Å². The van der Waals surface area contributed by atoms with Crippen molar-refractivity contribution in [3.05, 3.63) is 0 Å². The molecule has 1 unspecified atom stereocenters. The van der Waals surface area contributed by atoms with E-state index in [0.717, 1.165) is 52.1 Å². The standard InChI is InChI=1S/C12H24N2O2/c1-10(9-14-5-7-16-8-6-14)13-11-3-2-4-12(11)15/h10-13,15H,2-9H2,1H3/t10?,11-,12-/m1/s1. The molecule has 0 radical (unpaired) electrons. The van der Waals surface area contributed by atoms with Gasteiger partial charge in [0.25, 0.3) is 0 Å². The zero-order valence-electron chi connectivity index (χ0n) is 10.2. The molecule has 0 aromatic rings. The van der Waals surface area contributed by atoms with Crippen LogP contribution in [0.2, 0.25) is 0 Å². The summed E-state index contributed by atoms with van der Waals surface area (Å²) in [6.45, 7) is 7.07. The Kier molecular flexibility index (Phi) is 4.58. The number of nitrogens with zero attached hydrogens (tertiary/aromatic N) is 1. The van der Waals surface area contributed by atoms with E-state index in [1.165, 1.54) is 0 Å². The van der Waals surface area contributed by atoms with Gasteiger partial charge in [0.2, 0.25) is 0 Å². The van der Waals surface area contributed by atoms with Crippen LogP contribution in [0.3, 0.4) is 0 Å². The molecule has 1 aliphatic heterocycles. The Bertz CT molecular complexity index is 207. The fraction of sp³-hybridized carbons (Fsp3) is 1.00. The average molecular weight is 228 g/mol. The molecule has 3 atom stereocenters. The van der Waals surface area contributed by atoms with E-state index >= 15 is 0 Å². The molecule has 4 heteroatoms. The van der Waals surface area contributed by atoms with Crippen molar-refractivity contribution in [3.8, 4) is 0 Å². The van der Waals surface area contributed by atoms with E-state index in [-0.39, 0.29) is 6.10 Å². The lowest BCUT2D eigenvalue weighted by Crippen LogP contribution is -2.48. The van der Waals surface area contributed by atoms with Gasteiger partial charge in [0.15, 0.2) is 0 Å². The quantitative estimate of drug-likeness (QED) is 0.722. The van der Waals surface area contributed by atoms with Crippen molar-refractivity contribution in [2.45, 2.75) is 44.4 Å². The molecule has 2 aliphatic rings. The number of nitrogens with one attached hydrogen (secondary N) is 1. The molecule has 16 heavy (non-hydrogen) atoms. The first-order chi connectivity index (χ1) is 7.75. The number of aliphatic hydroxyl groups excluding tert-OH is 1. The molecule has 1 heterocycles. The van der Waals surface area contributed by atoms with Crippen molar-refractivity contribution in [2.75, 3.05) is 32.8 Å². The Balaban J connectivity index is 1.68. The molecular formula is C12H24N2O2. The lowest BCUT2D eigenvalue weighted by atomic mass is 10.2. The third kappa shape index (κ3) is 3.42. The molecule has 2 rings (SSSR count). The zero-order valence-corrected chi connectivity index (χ0v) is 10.2. The Morgan fingerprint density at radius 1 is 1.38 bits per heavy atom. The summed E-state index contributed by atoms with van der Waals surface area (Å²) in [6, 6.07) is 0.770. The molecule has 4 nitrogen and oxygen atoms in total. The van der Waals surface area contributed by atoms with Gasteiger partial charge >= 0.3 is 0 Å². The fourth-order valence-electron chi connectivity index (χ4n) is 2.72. The van der Waals surface area contributed by atoms with E-state index in [2.05, 4.69) is 17.1 Å². The van der Waals surface area contributed by atoms with Crippen LogP contribution < -0.4 is 5.32 Å². The van der Waals surface area contributed by atoms with E-state index in [9.17, 15) is 5.11 Å². The first-order valence-corrected chi connectivity index (χ1v) is 6.50. The van der Waals surface area contributed by atoms with Gasteiger partial charge in [-0.05, 0) is 26.2 Å². The molecule has 1 saturated carbocycles. The van der Waals surface area contributed by atoms with Gasteiger partial charge in [-0.2, -0.15) is 0 Å². The molecular weight excluding hydrogens is 204 g/mol. The largest absolute Gasteiger partial charge is 0.392 e. The third-order valence-electron chi connectivity index (χ3n) is 3.61. The SMILES string of the molecule is CC(CN1CCOCC1)N[C@@H]1CCC[C@H]1O. The van der Waals surface area contributed by atoms with Crippen molar-refractivity contribution in [1.29, 1.82) is 0 Å². The predicted octanol–water partition coefficient (Wildman–Crippen LogP) is 0.210. The predicted molar refractivity (Wildman–Crippen MR) is 63.5 cm³/mol. The molecule has 1 saturated heterocycles. The van der Waals surface area contributed by atoms with Crippen LogP contribution in [0.15, 0.2) is 0 Å². The van der Waals surface area contributed by atoms with Crippen molar-refractivity contribution >= 4 is 0 Å². The summed E-state index contributed by atoms with van der Waals surface area (Å²) in [5.41, 5.74) is 0. The molecule has 2 N–H and O–H groups in total. The van der Waals surface area contributed by atoms with E-state index in [1.807, 2.05) is 0 Å². The van der Waals surface area contributed by atoms with E-state index in [1.54, 1.807) is 0 Å². The van der Waals surface area contributed by atoms with Crippen molar-refractivity contribution in [2.24, 2.45) is 0 Å². The summed E-state index contributed by atoms with van der Waals surface area (Å²) in [5.74, 6) is 0. The maximum Gasteiger partial charge on any atom is 0.0693 e. The minimum atomic E-state index is -0.132. The minimum absolute atomic E-state index is 0.132. The van der Waals surface area contributed by atoms with Crippen LogP contribution in [0.4, 0.5) is 0 Å². The first kappa shape index (κ1) is 12.3. The second-order valence-corrected chi connectivity index (χ2v) is 5.09. The second-order valence-electron chi connectivity index (χ2n) is 5.09. The number of ether oxygens (including phenoxy) is 1. The summed E-state index contributed by atoms with van der Waals surface area (Å²) in [7, 11) is 0. The maximum absolute atomic E-state index is 9.75. The van der Waals surface area contributed by atoms with E-state index < -0.39 is 0 Å². The number of morpholine rings is 1. The van der Waals surface area contributed by atoms with E-state index in [0.29, 0.717) is 12.1 Å². The molecule has 94 valence electrons. The number of aliphatic hydroxyl groups is 1. The van der Waals surface area contributed by atoms with Crippen molar-refractivity contribution < 1.29 is 9.84 Å². The molecule has 2 fully saturated rings. The summed E-state index contributed by atoms with van der Waals surface area (Å²) < 4.78 is 5.33. The molecule has 0 amide bonds. The Hall–Kier alpha value is -0.160. The highest BCUT2D eigenvalue weighted by atomic mass is 16.5. The summed E-state index contributed by atoms with van der Waals surface area (Å²) in [6.07, 6.45) is 3.10. The van der Waals surface area contributed by atoms with Crippen LogP contribution >= 0.6 is 0 Å². The Morgan fingerprint density at radius 2 is 2.12 bits per heavy atom.